The Morgan fingerprint density at radius 3 is 1.90 bits per heavy atom. The van der Waals surface area contributed by atoms with Crippen molar-refractivity contribution in [3.05, 3.63) is 20.9 Å². The van der Waals surface area contributed by atoms with Crippen LogP contribution in [-0.2, 0) is 5.92 Å². The molecule has 0 atom stereocenters. The van der Waals surface area contributed by atoms with E-state index in [0.717, 1.165) is 6.07 Å². The van der Waals surface area contributed by atoms with E-state index >= 15 is 0 Å². The molecule has 0 bridgehead atoms. The van der Waals surface area contributed by atoms with Gasteiger partial charge in [-0.25, -0.2) is 0 Å². The number of aldehydes is 1. The molecule has 20 heavy (non-hydrogen) atoms. The fourth-order valence-corrected chi connectivity index (χ4v) is 2.07. The van der Waals surface area contributed by atoms with Crippen molar-refractivity contribution in [2.75, 3.05) is 0 Å². The standard InChI is InChI=1S/C9HF5N2OS.C2H6/c10-8(11,9(12,13)14)7-4(1-15)5(2-16)18-6(7)3-17;1-2/h3H;1-2H3. The summed E-state index contributed by atoms with van der Waals surface area (Å²) in [7, 11) is 0. The Kier molecular flexibility index (Phi) is 5.79. The Hall–Kier alpha value is -2.00. The lowest BCUT2D eigenvalue weighted by atomic mass is 10.0. The predicted octanol–water partition coefficient (Wildman–Crippen LogP) is 3.98. The van der Waals surface area contributed by atoms with Gasteiger partial charge in [0.2, 0.25) is 0 Å². The molecule has 0 saturated carbocycles. The third-order valence-corrected chi connectivity index (χ3v) is 2.95. The van der Waals surface area contributed by atoms with Gasteiger partial charge in [-0.2, -0.15) is 32.5 Å². The zero-order chi connectivity index (χ0) is 16.1. The summed E-state index contributed by atoms with van der Waals surface area (Å²) < 4.78 is 63.0. The number of nitrogens with zero attached hydrogens (tertiary/aromatic N) is 2. The molecule has 0 radical (unpaired) electrons. The quantitative estimate of drug-likeness (QED) is 0.613. The second-order valence-electron chi connectivity index (χ2n) is 2.96. The number of nitriles is 2. The number of thiophene rings is 1. The van der Waals surface area contributed by atoms with E-state index < -0.39 is 33.0 Å². The first-order valence-electron chi connectivity index (χ1n) is 5.07. The van der Waals surface area contributed by atoms with Gasteiger partial charge < -0.3 is 0 Å². The lowest BCUT2D eigenvalue weighted by molar-refractivity contribution is -0.289. The van der Waals surface area contributed by atoms with E-state index in [2.05, 4.69) is 0 Å². The Morgan fingerprint density at radius 1 is 1.10 bits per heavy atom. The molecule has 0 fully saturated rings. The molecule has 0 aromatic carbocycles. The number of halogens is 5. The molecule has 0 aliphatic carbocycles. The zero-order valence-electron chi connectivity index (χ0n) is 10.2. The summed E-state index contributed by atoms with van der Waals surface area (Å²) in [5.41, 5.74) is -2.87. The molecule has 0 aliphatic rings. The first kappa shape index (κ1) is 18.0. The molecule has 3 nitrogen and oxygen atoms in total. The Labute approximate surface area is 114 Å². The highest BCUT2D eigenvalue weighted by Crippen LogP contribution is 2.48. The minimum Gasteiger partial charge on any atom is -0.297 e. The van der Waals surface area contributed by atoms with Gasteiger partial charge in [-0.3, -0.25) is 4.79 Å². The highest BCUT2D eigenvalue weighted by molar-refractivity contribution is 7.14. The van der Waals surface area contributed by atoms with Crippen LogP contribution >= 0.6 is 11.3 Å². The lowest BCUT2D eigenvalue weighted by Gasteiger charge is -2.19. The van der Waals surface area contributed by atoms with Crippen LogP contribution < -0.4 is 0 Å². The van der Waals surface area contributed by atoms with Gasteiger partial charge in [0.05, 0.1) is 16.0 Å². The molecule has 1 rings (SSSR count). The van der Waals surface area contributed by atoms with Crippen LogP contribution in [0.3, 0.4) is 0 Å². The molecule has 9 heteroatoms. The van der Waals surface area contributed by atoms with Crippen LogP contribution in [-0.4, -0.2) is 12.5 Å². The Morgan fingerprint density at radius 2 is 1.60 bits per heavy atom. The van der Waals surface area contributed by atoms with Gasteiger partial charge in [-0.15, -0.1) is 11.3 Å². The second kappa shape index (κ2) is 6.44. The van der Waals surface area contributed by atoms with Gasteiger partial charge in [0, 0.05) is 0 Å². The number of hydrogen-bond donors (Lipinski definition) is 0. The molecular formula is C11H7F5N2OS. The van der Waals surface area contributed by atoms with Crippen molar-refractivity contribution < 1.29 is 26.7 Å². The van der Waals surface area contributed by atoms with Gasteiger partial charge in [0.15, 0.2) is 6.29 Å². The second-order valence-corrected chi connectivity index (χ2v) is 4.01. The van der Waals surface area contributed by atoms with E-state index in [-0.39, 0.29) is 17.6 Å². The van der Waals surface area contributed by atoms with Gasteiger partial charge in [-0.05, 0) is 0 Å². The van der Waals surface area contributed by atoms with Crippen molar-refractivity contribution in [2.45, 2.75) is 25.9 Å². The third kappa shape index (κ3) is 2.94. The molecule has 0 saturated heterocycles. The topological polar surface area (TPSA) is 64.7 Å². The summed E-state index contributed by atoms with van der Waals surface area (Å²) in [5, 5.41) is 17.1. The van der Waals surface area contributed by atoms with Crippen molar-refractivity contribution in [3.8, 4) is 12.1 Å². The maximum atomic E-state index is 13.2. The van der Waals surface area contributed by atoms with Crippen LogP contribution in [0.15, 0.2) is 0 Å². The summed E-state index contributed by atoms with van der Waals surface area (Å²) in [6, 6.07) is 2.40. The van der Waals surface area contributed by atoms with Gasteiger partial charge >= 0.3 is 12.1 Å². The van der Waals surface area contributed by atoms with Crippen LogP contribution in [0, 0.1) is 22.7 Å². The summed E-state index contributed by atoms with van der Waals surface area (Å²) in [6.45, 7) is 4.00. The minimum absolute atomic E-state index is 0.122. The van der Waals surface area contributed by atoms with Crippen molar-refractivity contribution in [1.29, 1.82) is 10.5 Å². The number of alkyl halides is 5. The van der Waals surface area contributed by atoms with E-state index in [0.29, 0.717) is 0 Å². The molecular weight excluding hydrogens is 303 g/mol. The van der Waals surface area contributed by atoms with Crippen LogP contribution in [0.4, 0.5) is 22.0 Å². The zero-order valence-corrected chi connectivity index (χ0v) is 11.0. The fourth-order valence-electron chi connectivity index (χ4n) is 1.17. The van der Waals surface area contributed by atoms with Crippen LogP contribution in [0.25, 0.3) is 0 Å². The van der Waals surface area contributed by atoms with Crippen LogP contribution in [0.1, 0.15) is 39.5 Å². The number of hydrogen-bond acceptors (Lipinski definition) is 4. The highest BCUT2D eigenvalue weighted by Gasteiger charge is 2.61. The number of rotatable bonds is 2. The third-order valence-electron chi connectivity index (χ3n) is 1.93. The lowest BCUT2D eigenvalue weighted by Crippen LogP contribution is -2.34. The molecule has 0 spiro atoms. The molecule has 1 heterocycles. The number of carbonyl (C=O) groups is 1. The van der Waals surface area contributed by atoms with Crippen molar-refractivity contribution in [2.24, 2.45) is 0 Å². The Balaban J connectivity index is 0.00000172. The van der Waals surface area contributed by atoms with E-state index in [1.54, 1.807) is 0 Å². The van der Waals surface area contributed by atoms with E-state index in [4.69, 9.17) is 10.5 Å². The minimum atomic E-state index is -5.95. The summed E-state index contributed by atoms with van der Waals surface area (Å²) in [6.07, 6.45) is -6.19. The summed E-state index contributed by atoms with van der Waals surface area (Å²) >= 11 is 0.122. The maximum absolute atomic E-state index is 13.2. The molecule has 0 N–H and O–H groups in total. The number of carbonyl (C=O) groups excluding carboxylic acids is 1. The first-order chi connectivity index (χ1) is 9.20. The SMILES string of the molecule is CC.N#Cc1sc(C=O)c(C(F)(F)C(F)(F)F)c1C#N. The van der Waals surface area contributed by atoms with E-state index in [9.17, 15) is 26.7 Å². The first-order valence-corrected chi connectivity index (χ1v) is 5.89. The average molecular weight is 310 g/mol. The van der Waals surface area contributed by atoms with Crippen molar-refractivity contribution in [1.82, 2.24) is 0 Å². The maximum Gasteiger partial charge on any atom is 0.458 e. The average Bonchev–Trinajstić information content (AvgIpc) is 2.77. The summed E-state index contributed by atoms with van der Waals surface area (Å²) in [5.74, 6) is -5.36. The Bertz CT molecular complexity index is 577. The molecule has 1 aromatic heterocycles. The highest BCUT2D eigenvalue weighted by atomic mass is 32.1. The monoisotopic (exact) mass is 310 g/mol. The normalized spacial score (nSPS) is 10.8. The van der Waals surface area contributed by atoms with E-state index in [1.165, 1.54) is 6.07 Å². The summed E-state index contributed by atoms with van der Waals surface area (Å²) in [4.78, 5) is 8.85. The molecule has 1 aromatic rings. The van der Waals surface area contributed by atoms with Gasteiger partial charge in [0.25, 0.3) is 0 Å². The van der Waals surface area contributed by atoms with Crippen molar-refractivity contribution >= 4 is 17.6 Å². The van der Waals surface area contributed by atoms with Crippen molar-refractivity contribution in [3.63, 3.8) is 0 Å². The largest absolute Gasteiger partial charge is 0.458 e. The smallest absolute Gasteiger partial charge is 0.297 e. The molecule has 0 aliphatic heterocycles. The fraction of sp³-hybridized carbons (Fsp3) is 0.364. The predicted molar refractivity (Wildman–Crippen MR) is 60.4 cm³/mol. The molecule has 0 unspecified atom stereocenters. The van der Waals surface area contributed by atoms with Gasteiger partial charge in [-0.1, -0.05) is 13.8 Å². The van der Waals surface area contributed by atoms with Crippen LogP contribution in [0.5, 0.6) is 0 Å². The van der Waals surface area contributed by atoms with Crippen LogP contribution in [0.2, 0.25) is 0 Å². The molecule has 0 amide bonds. The molecule has 108 valence electrons. The van der Waals surface area contributed by atoms with Gasteiger partial charge in [0.1, 0.15) is 17.0 Å². The van der Waals surface area contributed by atoms with E-state index in [1.807, 2.05) is 13.8 Å².